The predicted molar refractivity (Wildman–Crippen MR) is 81.6 cm³/mol. The van der Waals surface area contributed by atoms with Gasteiger partial charge in [0.2, 0.25) is 5.91 Å². The van der Waals surface area contributed by atoms with Crippen LogP contribution in [0.2, 0.25) is 0 Å². The third-order valence-electron chi connectivity index (χ3n) is 3.63. The molecular weight excluding hydrogens is 252 g/mol. The first-order chi connectivity index (χ1) is 9.54. The second kappa shape index (κ2) is 7.90. The third kappa shape index (κ3) is 3.97. The van der Waals surface area contributed by atoms with Gasteiger partial charge < -0.3 is 15.8 Å². The van der Waals surface area contributed by atoms with Gasteiger partial charge in [0.15, 0.2) is 0 Å². The predicted octanol–water partition coefficient (Wildman–Crippen LogP) is 2.49. The van der Waals surface area contributed by atoms with Crippen molar-refractivity contribution in [2.75, 3.05) is 13.7 Å². The van der Waals surface area contributed by atoms with Gasteiger partial charge in [-0.1, -0.05) is 39.0 Å². The first kappa shape index (κ1) is 16.5. The first-order valence-electron chi connectivity index (χ1n) is 7.18. The Bertz CT molecular complexity index is 432. The molecule has 0 aromatic heterocycles. The van der Waals surface area contributed by atoms with Gasteiger partial charge in [-0.15, -0.1) is 0 Å². The number of carbonyl (C=O) groups is 1. The lowest BCUT2D eigenvalue weighted by Gasteiger charge is -2.24. The van der Waals surface area contributed by atoms with E-state index in [0.29, 0.717) is 6.54 Å². The van der Waals surface area contributed by atoms with Crippen molar-refractivity contribution in [3.05, 3.63) is 29.8 Å². The fourth-order valence-electron chi connectivity index (χ4n) is 2.31. The monoisotopic (exact) mass is 278 g/mol. The Kier molecular flexibility index (Phi) is 6.52. The third-order valence-corrected chi connectivity index (χ3v) is 3.63. The van der Waals surface area contributed by atoms with E-state index in [2.05, 4.69) is 5.32 Å². The number of hydrogen-bond acceptors (Lipinski definition) is 3. The Hall–Kier alpha value is -1.55. The number of nitrogens with one attached hydrogen (secondary N) is 1. The molecule has 4 nitrogen and oxygen atoms in total. The molecular formula is C16H26N2O2. The summed E-state index contributed by atoms with van der Waals surface area (Å²) in [6.45, 7) is 6.44. The summed E-state index contributed by atoms with van der Waals surface area (Å²) in [5, 5.41) is 3.09. The molecule has 1 amide bonds. The first-order valence-corrected chi connectivity index (χ1v) is 7.18. The topological polar surface area (TPSA) is 64.4 Å². The van der Waals surface area contributed by atoms with E-state index in [0.717, 1.165) is 17.7 Å². The summed E-state index contributed by atoms with van der Waals surface area (Å²) in [5.41, 5.74) is 6.71. The highest BCUT2D eigenvalue weighted by Crippen LogP contribution is 2.27. The highest BCUT2D eigenvalue weighted by Gasteiger charge is 2.24. The Morgan fingerprint density at radius 1 is 1.35 bits per heavy atom. The zero-order valence-corrected chi connectivity index (χ0v) is 12.8. The average Bonchev–Trinajstić information content (AvgIpc) is 2.45. The van der Waals surface area contributed by atoms with Crippen LogP contribution in [0.5, 0.6) is 5.75 Å². The van der Waals surface area contributed by atoms with Crippen molar-refractivity contribution >= 4 is 5.91 Å². The van der Waals surface area contributed by atoms with Crippen LogP contribution in [0.15, 0.2) is 24.3 Å². The lowest BCUT2D eigenvalue weighted by Crippen LogP contribution is -2.39. The van der Waals surface area contributed by atoms with Crippen molar-refractivity contribution in [3.63, 3.8) is 0 Å². The molecule has 0 aliphatic rings. The van der Waals surface area contributed by atoms with Gasteiger partial charge in [-0.25, -0.2) is 0 Å². The molecule has 4 heteroatoms. The molecule has 1 aromatic carbocycles. The van der Waals surface area contributed by atoms with Gasteiger partial charge in [-0.3, -0.25) is 4.79 Å². The van der Waals surface area contributed by atoms with Gasteiger partial charge in [0.05, 0.1) is 19.1 Å². The van der Waals surface area contributed by atoms with E-state index in [1.807, 2.05) is 45.0 Å². The molecule has 0 fully saturated rings. The molecule has 0 radical (unpaired) electrons. The number of carbonyl (C=O) groups excluding carboxylic acids is 1. The normalized spacial score (nSPS) is 13.9. The van der Waals surface area contributed by atoms with Crippen LogP contribution in [0.4, 0.5) is 0 Å². The Morgan fingerprint density at radius 3 is 2.50 bits per heavy atom. The SMILES string of the molecule is CCC(NC(=O)C(CN)C(C)C)c1ccccc1OC. The fraction of sp³-hybridized carbons (Fsp3) is 0.562. The number of rotatable bonds is 7. The number of amides is 1. The standard InChI is InChI=1S/C16H26N2O2/c1-5-14(12-8-6-7-9-15(12)20-4)18-16(19)13(10-17)11(2)3/h6-9,11,13-14H,5,10,17H2,1-4H3,(H,18,19). The van der Waals surface area contributed by atoms with Crippen molar-refractivity contribution in [3.8, 4) is 5.75 Å². The van der Waals surface area contributed by atoms with Crippen molar-refractivity contribution < 1.29 is 9.53 Å². The second-order valence-corrected chi connectivity index (χ2v) is 5.30. The Morgan fingerprint density at radius 2 is 2.00 bits per heavy atom. The maximum Gasteiger partial charge on any atom is 0.225 e. The molecule has 0 bridgehead atoms. The van der Waals surface area contributed by atoms with Crippen LogP contribution in [0.1, 0.15) is 38.8 Å². The van der Waals surface area contributed by atoms with Gasteiger partial charge in [0.25, 0.3) is 0 Å². The molecule has 20 heavy (non-hydrogen) atoms. The molecule has 0 saturated carbocycles. The maximum absolute atomic E-state index is 12.3. The molecule has 0 spiro atoms. The molecule has 2 atom stereocenters. The van der Waals surface area contributed by atoms with Gasteiger partial charge >= 0.3 is 0 Å². The summed E-state index contributed by atoms with van der Waals surface area (Å²) in [5.74, 6) is 0.891. The van der Waals surface area contributed by atoms with Gasteiger partial charge in [-0.05, 0) is 18.4 Å². The smallest absolute Gasteiger partial charge is 0.225 e. The van der Waals surface area contributed by atoms with E-state index in [4.69, 9.17) is 10.5 Å². The number of ether oxygens (including phenoxy) is 1. The van der Waals surface area contributed by atoms with Crippen molar-refractivity contribution in [1.82, 2.24) is 5.32 Å². The van der Waals surface area contributed by atoms with E-state index in [1.165, 1.54) is 0 Å². The van der Waals surface area contributed by atoms with Crippen LogP contribution in [0.3, 0.4) is 0 Å². The van der Waals surface area contributed by atoms with E-state index in [9.17, 15) is 4.79 Å². The minimum absolute atomic E-state index is 0.0141. The lowest BCUT2D eigenvalue weighted by molar-refractivity contribution is -0.126. The highest BCUT2D eigenvalue weighted by molar-refractivity contribution is 5.79. The van der Waals surface area contributed by atoms with Crippen LogP contribution in [0, 0.1) is 11.8 Å². The Balaban J connectivity index is 2.89. The number of methoxy groups -OCH3 is 1. The summed E-state index contributed by atoms with van der Waals surface area (Å²) >= 11 is 0. The summed E-state index contributed by atoms with van der Waals surface area (Å²) in [7, 11) is 1.64. The van der Waals surface area contributed by atoms with Crippen LogP contribution in [0.25, 0.3) is 0 Å². The van der Waals surface area contributed by atoms with Crippen LogP contribution in [-0.4, -0.2) is 19.6 Å². The largest absolute Gasteiger partial charge is 0.496 e. The molecule has 0 aliphatic carbocycles. The molecule has 1 rings (SSSR count). The number of para-hydroxylation sites is 1. The summed E-state index contributed by atoms with van der Waals surface area (Å²) in [6, 6.07) is 7.72. The summed E-state index contributed by atoms with van der Waals surface area (Å²) < 4.78 is 5.37. The summed E-state index contributed by atoms with van der Waals surface area (Å²) in [4.78, 5) is 12.3. The molecule has 0 saturated heterocycles. The summed E-state index contributed by atoms with van der Waals surface area (Å²) in [6.07, 6.45) is 0.807. The minimum Gasteiger partial charge on any atom is -0.496 e. The van der Waals surface area contributed by atoms with Crippen LogP contribution >= 0.6 is 0 Å². The van der Waals surface area contributed by atoms with E-state index >= 15 is 0 Å². The molecule has 112 valence electrons. The zero-order chi connectivity index (χ0) is 15.1. The van der Waals surface area contributed by atoms with E-state index < -0.39 is 0 Å². The van der Waals surface area contributed by atoms with E-state index in [1.54, 1.807) is 7.11 Å². The molecule has 2 unspecified atom stereocenters. The van der Waals surface area contributed by atoms with E-state index in [-0.39, 0.29) is 23.8 Å². The molecule has 0 aliphatic heterocycles. The van der Waals surface area contributed by atoms with Gasteiger partial charge in [-0.2, -0.15) is 0 Å². The van der Waals surface area contributed by atoms with Crippen LogP contribution in [-0.2, 0) is 4.79 Å². The fourth-order valence-corrected chi connectivity index (χ4v) is 2.31. The zero-order valence-electron chi connectivity index (χ0n) is 12.8. The number of benzene rings is 1. The minimum atomic E-state index is -0.154. The van der Waals surface area contributed by atoms with Crippen LogP contribution < -0.4 is 15.8 Å². The molecule has 0 heterocycles. The maximum atomic E-state index is 12.3. The molecule has 1 aromatic rings. The number of nitrogens with two attached hydrogens (primary N) is 1. The second-order valence-electron chi connectivity index (χ2n) is 5.30. The lowest BCUT2D eigenvalue weighted by atomic mass is 9.94. The Labute approximate surface area is 121 Å². The van der Waals surface area contributed by atoms with Crippen molar-refractivity contribution in [2.24, 2.45) is 17.6 Å². The quantitative estimate of drug-likeness (QED) is 0.805. The number of hydrogen-bond donors (Lipinski definition) is 2. The van der Waals surface area contributed by atoms with Crippen molar-refractivity contribution in [2.45, 2.75) is 33.2 Å². The van der Waals surface area contributed by atoms with Gasteiger partial charge in [0.1, 0.15) is 5.75 Å². The van der Waals surface area contributed by atoms with Crippen molar-refractivity contribution in [1.29, 1.82) is 0 Å². The average molecular weight is 278 g/mol. The molecule has 3 N–H and O–H groups in total. The van der Waals surface area contributed by atoms with Gasteiger partial charge in [0, 0.05) is 12.1 Å². The highest BCUT2D eigenvalue weighted by atomic mass is 16.5.